The number of carbonyl (C=O) groups excluding carboxylic acids is 1. The van der Waals surface area contributed by atoms with Crippen LogP contribution in [0.15, 0.2) is 59.6 Å². The summed E-state index contributed by atoms with van der Waals surface area (Å²) >= 11 is 1.68. The smallest absolute Gasteiger partial charge is 0.228 e. The predicted molar refractivity (Wildman–Crippen MR) is 108 cm³/mol. The third-order valence-electron chi connectivity index (χ3n) is 4.32. The van der Waals surface area contributed by atoms with Gasteiger partial charge >= 0.3 is 0 Å². The van der Waals surface area contributed by atoms with Crippen LogP contribution in [0.5, 0.6) is 5.75 Å². The van der Waals surface area contributed by atoms with E-state index in [9.17, 15) is 4.79 Å². The summed E-state index contributed by atoms with van der Waals surface area (Å²) < 4.78 is 5.17. The first-order valence-corrected chi connectivity index (χ1v) is 9.89. The number of aryl methyl sites for hydroxylation is 1. The van der Waals surface area contributed by atoms with Crippen LogP contribution in [0, 0.1) is 0 Å². The largest absolute Gasteiger partial charge is 0.497 e. The zero-order chi connectivity index (χ0) is 18.2. The number of rotatable bonds is 6. The molecule has 0 bridgehead atoms. The Kier molecular flexibility index (Phi) is 6.72. The summed E-state index contributed by atoms with van der Waals surface area (Å²) in [7, 11) is 1.66. The van der Waals surface area contributed by atoms with Gasteiger partial charge in [-0.1, -0.05) is 54.2 Å². The van der Waals surface area contributed by atoms with Gasteiger partial charge < -0.3 is 4.74 Å². The first-order valence-electron chi connectivity index (χ1n) is 8.91. The van der Waals surface area contributed by atoms with Gasteiger partial charge in [0.25, 0.3) is 0 Å². The van der Waals surface area contributed by atoms with Gasteiger partial charge in [0.1, 0.15) is 5.75 Å². The van der Waals surface area contributed by atoms with E-state index in [1.807, 2.05) is 47.4 Å². The van der Waals surface area contributed by atoms with Crippen molar-refractivity contribution in [3.63, 3.8) is 0 Å². The topological polar surface area (TPSA) is 41.9 Å². The molecule has 1 aliphatic rings. The number of hydrogen-bond donors (Lipinski definition) is 0. The Bertz CT molecular complexity index is 744. The SMILES string of the molecule is COc1ccc(CCC(=O)N2CCCSC2=NCc2ccccc2)cc1. The van der Waals surface area contributed by atoms with Gasteiger partial charge in [0.2, 0.25) is 5.91 Å². The minimum Gasteiger partial charge on any atom is -0.497 e. The van der Waals surface area contributed by atoms with E-state index in [0.29, 0.717) is 13.0 Å². The van der Waals surface area contributed by atoms with Crippen LogP contribution >= 0.6 is 11.8 Å². The van der Waals surface area contributed by atoms with Crippen LogP contribution in [0.2, 0.25) is 0 Å². The van der Waals surface area contributed by atoms with Gasteiger partial charge in [0, 0.05) is 18.7 Å². The molecule has 2 aromatic carbocycles. The molecule has 1 fully saturated rings. The molecule has 4 nitrogen and oxygen atoms in total. The zero-order valence-corrected chi connectivity index (χ0v) is 15.9. The molecule has 5 heteroatoms. The lowest BCUT2D eigenvalue weighted by molar-refractivity contribution is -0.127. The van der Waals surface area contributed by atoms with E-state index in [4.69, 9.17) is 9.73 Å². The normalized spacial score (nSPS) is 15.9. The highest BCUT2D eigenvalue weighted by atomic mass is 32.2. The zero-order valence-electron chi connectivity index (χ0n) is 15.1. The molecule has 26 heavy (non-hydrogen) atoms. The summed E-state index contributed by atoms with van der Waals surface area (Å²) in [5, 5.41) is 0.861. The molecule has 2 aromatic rings. The number of amidine groups is 1. The standard InChI is InChI=1S/C21H24N2O2S/c1-25-19-11-8-17(9-12-19)10-13-20(24)23-14-5-15-26-21(23)22-16-18-6-3-2-4-7-18/h2-4,6-9,11-12H,5,10,13-16H2,1H3. The van der Waals surface area contributed by atoms with E-state index in [1.54, 1.807) is 18.9 Å². The van der Waals surface area contributed by atoms with Gasteiger partial charge in [-0.3, -0.25) is 14.7 Å². The molecule has 0 spiro atoms. The Morgan fingerprint density at radius 3 is 2.62 bits per heavy atom. The number of benzene rings is 2. The van der Waals surface area contributed by atoms with E-state index < -0.39 is 0 Å². The van der Waals surface area contributed by atoms with Gasteiger partial charge in [0.05, 0.1) is 13.7 Å². The number of aliphatic imine (C=N–C) groups is 1. The average molecular weight is 369 g/mol. The molecule has 0 N–H and O–H groups in total. The van der Waals surface area contributed by atoms with Crippen LogP contribution in [0.4, 0.5) is 0 Å². The fourth-order valence-corrected chi connectivity index (χ4v) is 3.80. The summed E-state index contributed by atoms with van der Waals surface area (Å²) in [6.45, 7) is 1.38. The van der Waals surface area contributed by atoms with Crippen LogP contribution < -0.4 is 4.74 Å². The maximum atomic E-state index is 12.7. The van der Waals surface area contributed by atoms with Crippen molar-refractivity contribution >= 4 is 22.8 Å². The number of thioether (sulfide) groups is 1. The van der Waals surface area contributed by atoms with Crippen LogP contribution in [-0.2, 0) is 17.8 Å². The van der Waals surface area contributed by atoms with Crippen molar-refractivity contribution in [2.24, 2.45) is 4.99 Å². The summed E-state index contributed by atoms with van der Waals surface area (Å²) in [5.74, 6) is 2.01. The van der Waals surface area contributed by atoms with Gasteiger partial charge in [0.15, 0.2) is 5.17 Å². The Labute approximate surface area is 159 Å². The van der Waals surface area contributed by atoms with Crippen LogP contribution in [0.25, 0.3) is 0 Å². The maximum absolute atomic E-state index is 12.7. The molecule has 1 saturated heterocycles. The average Bonchev–Trinajstić information content (AvgIpc) is 2.72. The van der Waals surface area contributed by atoms with Gasteiger partial charge in [-0.15, -0.1) is 0 Å². The van der Waals surface area contributed by atoms with Crippen LogP contribution in [0.3, 0.4) is 0 Å². The minimum atomic E-state index is 0.153. The fraction of sp³-hybridized carbons (Fsp3) is 0.333. The molecule has 0 radical (unpaired) electrons. The first kappa shape index (κ1) is 18.5. The Morgan fingerprint density at radius 2 is 1.88 bits per heavy atom. The highest BCUT2D eigenvalue weighted by Crippen LogP contribution is 2.20. The molecule has 1 aliphatic heterocycles. The van der Waals surface area contributed by atoms with Gasteiger partial charge in [-0.25, -0.2) is 0 Å². The molecule has 0 unspecified atom stereocenters. The van der Waals surface area contributed by atoms with Crippen molar-refractivity contribution in [1.29, 1.82) is 0 Å². The number of carbonyl (C=O) groups is 1. The maximum Gasteiger partial charge on any atom is 0.228 e. The Morgan fingerprint density at radius 1 is 1.12 bits per heavy atom. The molecular weight excluding hydrogens is 344 g/mol. The second-order valence-corrected chi connectivity index (χ2v) is 7.24. The number of ether oxygens (including phenoxy) is 1. The fourth-order valence-electron chi connectivity index (χ4n) is 2.84. The molecule has 0 aliphatic carbocycles. The van der Waals surface area contributed by atoms with Crippen molar-refractivity contribution < 1.29 is 9.53 Å². The van der Waals surface area contributed by atoms with E-state index in [0.717, 1.165) is 47.2 Å². The lowest BCUT2D eigenvalue weighted by atomic mass is 10.1. The third-order valence-corrected chi connectivity index (χ3v) is 5.42. The van der Waals surface area contributed by atoms with Crippen molar-refractivity contribution in [2.45, 2.75) is 25.8 Å². The third kappa shape index (κ3) is 5.11. The molecule has 1 amide bonds. The van der Waals surface area contributed by atoms with Crippen molar-refractivity contribution in [3.8, 4) is 5.75 Å². The quantitative estimate of drug-likeness (QED) is 0.769. The van der Waals surface area contributed by atoms with E-state index >= 15 is 0 Å². The van der Waals surface area contributed by atoms with E-state index in [2.05, 4.69) is 12.1 Å². The number of nitrogens with zero attached hydrogens (tertiary/aromatic N) is 2. The highest BCUT2D eigenvalue weighted by Gasteiger charge is 2.23. The molecule has 0 aromatic heterocycles. The van der Waals surface area contributed by atoms with Crippen molar-refractivity contribution in [3.05, 3.63) is 65.7 Å². The lowest BCUT2D eigenvalue weighted by Gasteiger charge is -2.28. The van der Waals surface area contributed by atoms with Crippen LogP contribution in [0.1, 0.15) is 24.0 Å². The lowest BCUT2D eigenvalue weighted by Crippen LogP contribution is -2.39. The van der Waals surface area contributed by atoms with Crippen molar-refractivity contribution in [2.75, 3.05) is 19.4 Å². The van der Waals surface area contributed by atoms with Gasteiger partial charge in [-0.05, 0) is 36.1 Å². The summed E-state index contributed by atoms with van der Waals surface area (Å²) in [6.07, 6.45) is 2.25. The van der Waals surface area contributed by atoms with Crippen LogP contribution in [-0.4, -0.2) is 35.4 Å². The second-order valence-electron chi connectivity index (χ2n) is 6.18. The number of hydrogen-bond acceptors (Lipinski definition) is 4. The highest BCUT2D eigenvalue weighted by molar-refractivity contribution is 8.13. The molecule has 136 valence electrons. The predicted octanol–water partition coefficient (Wildman–Crippen LogP) is 4.15. The molecule has 1 heterocycles. The molecule has 0 saturated carbocycles. The Hall–Kier alpha value is -2.27. The first-order chi connectivity index (χ1) is 12.8. The second kappa shape index (κ2) is 9.43. The summed E-state index contributed by atoms with van der Waals surface area (Å²) in [5.41, 5.74) is 2.31. The molecular formula is C21H24N2O2S. The van der Waals surface area contributed by atoms with E-state index in [-0.39, 0.29) is 5.91 Å². The molecule has 3 rings (SSSR count). The number of amides is 1. The minimum absolute atomic E-state index is 0.153. The van der Waals surface area contributed by atoms with Gasteiger partial charge in [-0.2, -0.15) is 0 Å². The Balaban J connectivity index is 1.59. The molecule has 0 atom stereocenters. The van der Waals surface area contributed by atoms with Crippen molar-refractivity contribution in [1.82, 2.24) is 4.90 Å². The van der Waals surface area contributed by atoms with E-state index in [1.165, 1.54) is 0 Å². The number of methoxy groups -OCH3 is 1. The summed E-state index contributed by atoms with van der Waals surface area (Å²) in [6, 6.07) is 18.1. The summed E-state index contributed by atoms with van der Waals surface area (Å²) in [4.78, 5) is 19.3. The monoisotopic (exact) mass is 368 g/mol.